The summed E-state index contributed by atoms with van der Waals surface area (Å²) in [6.45, 7) is 0.832. The number of nitrogens with one attached hydrogen (secondary N) is 1. The molecule has 1 fully saturated rings. The number of nitrogens with zero attached hydrogens (tertiary/aromatic N) is 2. The molecule has 1 heterocycles. The summed E-state index contributed by atoms with van der Waals surface area (Å²) in [5, 5.41) is 11.4. The molecule has 0 amide bonds. The van der Waals surface area contributed by atoms with Crippen molar-refractivity contribution in [2.45, 2.75) is 35.3 Å². The number of carbonyl (C=O) groups excluding carboxylic acids is 1. The largest absolute Gasteiger partial charge is 0.464 e. The number of esters is 1. The first-order chi connectivity index (χ1) is 11.7. The Hall–Kier alpha value is -2.08. The van der Waals surface area contributed by atoms with Crippen LogP contribution in [0.1, 0.15) is 36.2 Å². The molecule has 1 saturated carbocycles. The Bertz CT molecular complexity index is 670. The minimum Gasteiger partial charge on any atom is -0.464 e. The monoisotopic (exact) mass is 343 g/mol. The van der Waals surface area contributed by atoms with E-state index >= 15 is 0 Å². The molecule has 6 heteroatoms. The molecule has 1 aromatic heterocycles. The highest BCUT2D eigenvalue weighted by Crippen LogP contribution is 2.45. The van der Waals surface area contributed by atoms with Crippen LogP contribution >= 0.6 is 11.8 Å². The molecule has 0 spiro atoms. The van der Waals surface area contributed by atoms with E-state index in [0.717, 1.165) is 6.54 Å². The van der Waals surface area contributed by atoms with Crippen molar-refractivity contribution in [2.75, 3.05) is 19.0 Å². The molecule has 0 saturated heterocycles. The van der Waals surface area contributed by atoms with Gasteiger partial charge in [-0.25, -0.2) is 4.79 Å². The molecule has 1 N–H and O–H groups in total. The highest BCUT2D eigenvalue weighted by molar-refractivity contribution is 8.00. The van der Waals surface area contributed by atoms with Gasteiger partial charge in [0.2, 0.25) is 0 Å². The number of thioether (sulfide) groups is 1. The summed E-state index contributed by atoms with van der Waals surface area (Å²) in [5.74, 6) is 0.212. The number of aromatic nitrogens is 2. The number of methoxy groups -OCH3 is 1. The lowest BCUT2D eigenvalue weighted by Crippen LogP contribution is -2.30. The Labute approximate surface area is 146 Å². The van der Waals surface area contributed by atoms with Gasteiger partial charge in [0, 0.05) is 16.2 Å². The molecular weight excluding hydrogens is 322 g/mol. The van der Waals surface area contributed by atoms with Gasteiger partial charge in [-0.1, -0.05) is 31.0 Å². The Balaban J connectivity index is 1.65. The number of anilines is 1. The topological polar surface area (TPSA) is 64.1 Å². The van der Waals surface area contributed by atoms with Crippen molar-refractivity contribution >= 4 is 23.5 Å². The lowest BCUT2D eigenvalue weighted by Gasteiger charge is -2.29. The van der Waals surface area contributed by atoms with E-state index in [1.165, 1.54) is 37.7 Å². The van der Waals surface area contributed by atoms with E-state index in [-0.39, 0.29) is 10.4 Å². The third-order valence-electron chi connectivity index (χ3n) is 4.24. The van der Waals surface area contributed by atoms with Gasteiger partial charge >= 0.3 is 5.97 Å². The zero-order chi connectivity index (χ0) is 16.8. The Kier molecular flexibility index (Phi) is 5.35. The number of carbonyl (C=O) groups is 1. The average molecular weight is 343 g/mol. The normalized spacial score (nSPS) is 15.9. The maximum absolute atomic E-state index is 11.4. The zero-order valence-electron chi connectivity index (χ0n) is 13.7. The zero-order valence-corrected chi connectivity index (χ0v) is 14.5. The number of hydrogen-bond donors (Lipinski definition) is 1. The van der Waals surface area contributed by atoms with Crippen molar-refractivity contribution in [1.29, 1.82) is 0 Å². The van der Waals surface area contributed by atoms with E-state index in [0.29, 0.717) is 5.82 Å². The number of benzene rings is 1. The fraction of sp³-hybridized carbons (Fsp3) is 0.389. The lowest BCUT2D eigenvalue weighted by molar-refractivity contribution is 0.0593. The first kappa shape index (κ1) is 16.8. The van der Waals surface area contributed by atoms with Crippen molar-refractivity contribution in [3.63, 3.8) is 0 Å². The predicted molar refractivity (Wildman–Crippen MR) is 95.4 cm³/mol. The summed E-state index contributed by atoms with van der Waals surface area (Å²) in [4.78, 5) is 12.7. The summed E-state index contributed by atoms with van der Waals surface area (Å²) in [7, 11) is 1.33. The van der Waals surface area contributed by atoms with E-state index in [9.17, 15) is 4.79 Å². The third kappa shape index (κ3) is 4.06. The Morgan fingerprint density at radius 1 is 1.17 bits per heavy atom. The first-order valence-electron chi connectivity index (χ1n) is 8.11. The third-order valence-corrected chi connectivity index (χ3v) is 5.74. The predicted octanol–water partition coefficient (Wildman–Crippen LogP) is 3.78. The second-order valence-corrected chi connectivity index (χ2v) is 7.50. The summed E-state index contributed by atoms with van der Waals surface area (Å²) in [6, 6.07) is 13.9. The molecule has 1 aromatic carbocycles. The molecule has 2 aromatic rings. The smallest absolute Gasteiger partial charge is 0.358 e. The molecule has 126 valence electrons. The van der Waals surface area contributed by atoms with E-state index in [2.05, 4.69) is 44.5 Å². The molecule has 1 aliphatic rings. The fourth-order valence-corrected chi connectivity index (χ4v) is 4.39. The van der Waals surface area contributed by atoms with E-state index < -0.39 is 5.97 Å². The molecule has 0 aliphatic heterocycles. The van der Waals surface area contributed by atoms with E-state index in [4.69, 9.17) is 0 Å². The molecule has 0 atom stereocenters. The van der Waals surface area contributed by atoms with Gasteiger partial charge in [0.25, 0.3) is 0 Å². The maximum Gasteiger partial charge on any atom is 0.358 e. The number of hydrogen-bond acceptors (Lipinski definition) is 6. The van der Waals surface area contributed by atoms with Crippen LogP contribution in [-0.4, -0.2) is 34.6 Å². The van der Waals surface area contributed by atoms with E-state index in [1.54, 1.807) is 12.1 Å². The summed E-state index contributed by atoms with van der Waals surface area (Å²) >= 11 is 1.94. The highest BCUT2D eigenvalue weighted by atomic mass is 32.2. The standard InChI is InChI=1S/C18H21N3O2S/c1-23-17(22)15-9-10-16(21-20-15)19-13-18(11-5-6-12-18)24-14-7-3-2-4-8-14/h2-4,7-10H,5-6,11-13H2,1H3,(H,19,21). The van der Waals surface area contributed by atoms with Crippen molar-refractivity contribution in [1.82, 2.24) is 10.2 Å². The van der Waals surface area contributed by atoms with Gasteiger partial charge in [0.1, 0.15) is 5.82 Å². The van der Waals surface area contributed by atoms with Gasteiger partial charge in [0.15, 0.2) is 5.69 Å². The maximum atomic E-state index is 11.4. The number of ether oxygens (including phenoxy) is 1. The Morgan fingerprint density at radius 2 is 1.92 bits per heavy atom. The van der Waals surface area contributed by atoms with Gasteiger partial charge in [-0.3, -0.25) is 0 Å². The van der Waals surface area contributed by atoms with E-state index in [1.807, 2.05) is 17.8 Å². The van der Waals surface area contributed by atoms with Gasteiger partial charge in [0.05, 0.1) is 7.11 Å². The molecule has 0 unspecified atom stereocenters. The van der Waals surface area contributed by atoms with Gasteiger partial charge in [-0.2, -0.15) is 0 Å². The first-order valence-corrected chi connectivity index (χ1v) is 8.92. The summed E-state index contributed by atoms with van der Waals surface area (Å²) in [6.07, 6.45) is 4.89. The molecule has 1 aliphatic carbocycles. The quantitative estimate of drug-likeness (QED) is 0.805. The molecular formula is C18H21N3O2S. The van der Waals surface area contributed by atoms with Crippen molar-refractivity contribution in [3.8, 4) is 0 Å². The summed E-state index contributed by atoms with van der Waals surface area (Å²) in [5.41, 5.74) is 0.220. The minimum atomic E-state index is -0.471. The van der Waals surface area contributed by atoms with Gasteiger partial charge in [-0.05, 0) is 37.1 Å². The average Bonchev–Trinajstić information content (AvgIpc) is 3.09. The van der Waals surface area contributed by atoms with Crippen molar-refractivity contribution in [2.24, 2.45) is 0 Å². The van der Waals surface area contributed by atoms with Crippen LogP contribution in [0.4, 0.5) is 5.82 Å². The van der Waals surface area contributed by atoms with Crippen molar-refractivity contribution in [3.05, 3.63) is 48.2 Å². The van der Waals surface area contributed by atoms with Gasteiger partial charge < -0.3 is 10.1 Å². The second-order valence-electron chi connectivity index (χ2n) is 5.95. The summed E-state index contributed by atoms with van der Waals surface area (Å²) < 4.78 is 4.82. The minimum absolute atomic E-state index is 0.185. The number of rotatable bonds is 6. The lowest BCUT2D eigenvalue weighted by atomic mass is 10.1. The van der Waals surface area contributed by atoms with Crippen LogP contribution in [0.25, 0.3) is 0 Å². The van der Waals surface area contributed by atoms with Crippen LogP contribution < -0.4 is 5.32 Å². The Morgan fingerprint density at radius 3 is 2.54 bits per heavy atom. The van der Waals surface area contributed by atoms with Crippen LogP contribution in [0.5, 0.6) is 0 Å². The van der Waals surface area contributed by atoms with Crippen molar-refractivity contribution < 1.29 is 9.53 Å². The van der Waals surface area contributed by atoms with Crippen LogP contribution in [0.2, 0.25) is 0 Å². The molecule has 0 radical (unpaired) electrons. The molecule has 24 heavy (non-hydrogen) atoms. The van der Waals surface area contributed by atoms with Crippen LogP contribution in [-0.2, 0) is 4.74 Å². The fourth-order valence-electron chi connectivity index (χ4n) is 2.96. The molecule has 3 rings (SSSR count). The SMILES string of the molecule is COC(=O)c1ccc(NCC2(Sc3ccccc3)CCCC2)nn1. The highest BCUT2D eigenvalue weighted by Gasteiger charge is 2.34. The van der Waals surface area contributed by atoms with Crippen LogP contribution in [0, 0.1) is 0 Å². The second kappa shape index (κ2) is 7.66. The van der Waals surface area contributed by atoms with Crippen LogP contribution in [0.3, 0.4) is 0 Å². The molecule has 0 bridgehead atoms. The van der Waals surface area contributed by atoms with Crippen LogP contribution in [0.15, 0.2) is 47.4 Å². The molecule has 5 nitrogen and oxygen atoms in total. The van der Waals surface area contributed by atoms with Gasteiger partial charge in [-0.15, -0.1) is 22.0 Å².